The standard InChI is InChI=1S/C43H59NO/c1-31-23-26-38-37(29-31)39-40(43(5,6)34-25-24-33(30-34)19-10-7-8-15-28-45-42(2,3)4)35-21-13-14-22-36(35)41(39)44(38)27-16-20-32-17-11-9-12-18-32/h9,11-14,17-18,21-23,26,29,33-34,39-41H,7-8,10,15-16,19-20,24-25,27-28,30H2,1-6H3. The molecule has 3 aromatic rings. The van der Waals surface area contributed by atoms with E-state index >= 15 is 0 Å². The van der Waals surface area contributed by atoms with E-state index in [2.05, 4.69) is 119 Å². The quantitative estimate of drug-likeness (QED) is 0.180. The van der Waals surface area contributed by atoms with Crippen molar-refractivity contribution in [3.8, 4) is 0 Å². The average Bonchev–Trinajstić information content (AvgIpc) is 3.70. The molecule has 1 saturated carbocycles. The maximum atomic E-state index is 5.93. The zero-order valence-corrected chi connectivity index (χ0v) is 29.2. The number of ether oxygens (including phenoxy) is 1. The molecular formula is C43H59NO. The highest BCUT2D eigenvalue weighted by Gasteiger charge is 2.56. The fourth-order valence-electron chi connectivity index (χ4n) is 9.45. The Morgan fingerprint density at radius 1 is 0.756 bits per heavy atom. The predicted octanol–water partition coefficient (Wildman–Crippen LogP) is 11.6. The summed E-state index contributed by atoms with van der Waals surface area (Å²) in [4.78, 5) is 2.81. The number of hydrogen-bond acceptors (Lipinski definition) is 2. The van der Waals surface area contributed by atoms with Gasteiger partial charge >= 0.3 is 0 Å². The van der Waals surface area contributed by atoms with Gasteiger partial charge in [-0.1, -0.05) is 118 Å². The molecule has 0 saturated heterocycles. The van der Waals surface area contributed by atoms with E-state index in [4.69, 9.17) is 4.74 Å². The predicted molar refractivity (Wildman–Crippen MR) is 191 cm³/mol. The summed E-state index contributed by atoms with van der Waals surface area (Å²) < 4.78 is 5.93. The van der Waals surface area contributed by atoms with E-state index < -0.39 is 0 Å². The molecule has 1 aliphatic heterocycles. The Labute approximate surface area is 275 Å². The van der Waals surface area contributed by atoms with Crippen molar-refractivity contribution >= 4 is 5.69 Å². The van der Waals surface area contributed by atoms with Crippen molar-refractivity contribution in [2.75, 3.05) is 18.1 Å². The molecule has 0 amide bonds. The van der Waals surface area contributed by atoms with Gasteiger partial charge in [-0.05, 0) is 111 Å². The van der Waals surface area contributed by atoms with Crippen LogP contribution in [0.4, 0.5) is 5.69 Å². The molecule has 0 spiro atoms. The maximum absolute atomic E-state index is 5.93. The molecule has 0 N–H and O–H groups in total. The van der Waals surface area contributed by atoms with Crippen molar-refractivity contribution in [2.24, 2.45) is 17.3 Å². The molecule has 5 atom stereocenters. The van der Waals surface area contributed by atoms with E-state index in [1.165, 1.54) is 74.6 Å². The molecule has 1 heterocycles. The summed E-state index contributed by atoms with van der Waals surface area (Å²) in [5.74, 6) is 2.79. The average molecular weight is 606 g/mol. The fraction of sp³-hybridized carbons (Fsp3) is 0.581. The number of hydrogen-bond donors (Lipinski definition) is 0. The molecule has 3 aromatic carbocycles. The number of anilines is 1. The number of benzene rings is 3. The van der Waals surface area contributed by atoms with Gasteiger partial charge in [0.2, 0.25) is 0 Å². The first-order chi connectivity index (χ1) is 21.6. The third-order valence-electron chi connectivity index (χ3n) is 11.7. The molecule has 3 aliphatic rings. The van der Waals surface area contributed by atoms with Crippen LogP contribution in [0.2, 0.25) is 0 Å². The highest BCUT2D eigenvalue weighted by molar-refractivity contribution is 5.68. The van der Waals surface area contributed by atoms with Crippen molar-refractivity contribution in [1.82, 2.24) is 0 Å². The Morgan fingerprint density at radius 3 is 2.27 bits per heavy atom. The Morgan fingerprint density at radius 2 is 1.49 bits per heavy atom. The van der Waals surface area contributed by atoms with Gasteiger partial charge in [0.25, 0.3) is 0 Å². The van der Waals surface area contributed by atoms with Crippen molar-refractivity contribution in [2.45, 2.75) is 129 Å². The van der Waals surface area contributed by atoms with Gasteiger partial charge in [-0.3, -0.25) is 0 Å². The third-order valence-corrected chi connectivity index (χ3v) is 11.7. The lowest BCUT2D eigenvalue weighted by Gasteiger charge is -2.41. The summed E-state index contributed by atoms with van der Waals surface area (Å²) in [5, 5.41) is 0. The number of aryl methyl sites for hydroxylation is 2. The van der Waals surface area contributed by atoms with Crippen molar-refractivity contribution in [1.29, 1.82) is 0 Å². The van der Waals surface area contributed by atoms with Crippen LogP contribution in [-0.2, 0) is 11.2 Å². The molecule has 0 bridgehead atoms. The summed E-state index contributed by atoms with van der Waals surface area (Å²) in [6, 6.07) is 28.4. The number of nitrogens with zero attached hydrogens (tertiary/aromatic N) is 1. The van der Waals surface area contributed by atoms with Crippen LogP contribution in [0.15, 0.2) is 72.8 Å². The molecule has 6 rings (SSSR count). The Kier molecular flexibility index (Phi) is 9.81. The van der Waals surface area contributed by atoms with Crippen molar-refractivity contribution < 1.29 is 4.74 Å². The monoisotopic (exact) mass is 605 g/mol. The molecule has 1 fully saturated rings. The third kappa shape index (κ3) is 7.07. The van der Waals surface area contributed by atoms with E-state index in [0.29, 0.717) is 17.9 Å². The second kappa shape index (κ2) is 13.6. The SMILES string of the molecule is Cc1ccc2c(c1)C1C(c3ccccc3C1C(C)(C)C1CCC(CCCCCCOC(C)(C)C)C1)N2CCCc1ccccc1. The van der Waals surface area contributed by atoms with Crippen LogP contribution < -0.4 is 4.90 Å². The summed E-state index contributed by atoms with van der Waals surface area (Å²) in [6.07, 6.45) is 13.2. The Bertz CT molecular complexity index is 1400. The van der Waals surface area contributed by atoms with Crippen LogP contribution in [0.1, 0.15) is 138 Å². The van der Waals surface area contributed by atoms with Crippen LogP contribution in [0.5, 0.6) is 0 Å². The van der Waals surface area contributed by atoms with Crippen molar-refractivity contribution in [3.05, 3.63) is 101 Å². The highest BCUT2D eigenvalue weighted by atomic mass is 16.5. The number of fused-ring (bicyclic) bond motifs is 5. The van der Waals surface area contributed by atoms with Crippen LogP contribution in [0.25, 0.3) is 0 Å². The topological polar surface area (TPSA) is 12.5 Å². The van der Waals surface area contributed by atoms with Gasteiger partial charge in [-0.2, -0.15) is 0 Å². The van der Waals surface area contributed by atoms with E-state index in [9.17, 15) is 0 Å². The number of rotatable bonds is 13. The van der Waals surface area contributed by atoms with Gasteiger partial charge in [0, 0.05) is 24.8 Å². The molecule has 2 heteroatoms. The van der Waals surface area contributed by atoms with Gasteiger partial charge in [0.05, 0.1) is 11.6 Å². The fourth-order valence-corrected chi connectivity index (χ4v) is 9.45. The minimum Gasteiger partial charge on any atom is -0.376 e. The Balaban J connectivity index is 1.16. The first kappa shape index (κ1) is 32.4. The van der Waals surface area contributed by atoms with Crippen LogP contribution in [0.3, 0.4) is 0 Å². The summed E-state index contributed by atoms with van der Waals surface area (Å²) in [7, 11) is 0. The van der Waals surface area contributed by atoms with Crippen molar-refractivity contribution in [3.63, 3.8) is 0 Å². The number of unbranched alkanes of at least 4 members (excludes halogenated alkanes) is 3. The summed E-state index contributed by atoms with van der Waals surface area (Å²) in [5.41, 5.74) is 9.44. The molecule has 0 aromatic heterocycles. The lowest BCUT2D eigenvalue weighted by atomic mass is 9.62. The smallest absolute Gasteiger partial charge is 0.0620 e. The first-order valence-corrected chi connectivity index (χ1v) is 18.3. The molecule has 0 radical (unpaired) electrons. The van der Waals surface area contributed by atoms with Gasteiger partial charge < -0.3 is 9.64 Å². The molecule has 45 heavy (non-hydrogen) atoms. The minimum atomic E-state index is -0.00836. The zero-order chi connectivity index (χ0) is 31.6. The normalized spacial score (nSPS) is 24.1. The molecule has 242 valence electrons. The van der Waals surface area contributed by atoms with E-state index in [-0.39, 0.29) is 11.0 Å². The van der Waals surface area contributed by atoms with Gasteiger partial charge in [-0.25, -0.2) is 0 Å². The molecular weight excluding hydrogens is 546 g/mol. The summed E-state index contributed by atoms with van der Waals surface area (Å²) >= 11 is 0. The lowest BCUT2D eigenvalue weighted by Crippen LogP contribution is -2.33. The molecule has 2 nitrogen and oxygen atoms in total. The largest absolute Gasteiger partial charge is 0.376 e. The zero-order valence-electron chi connectivity index (χ0n) is 29.2. The second-order valence-corrected chi connectivity index (χ2v) is 16.3. The van der Waals surface area contributed by atoms with E-state index in [0.717, 1.165) is 31.4 Å². The Hall–Kier alpha value is -2.58. The van der Waals surface area contributed by atoms with Crippen LogP contribution in [0, 0.1) is 24.2 Å². The minimum absolute atomic E-state index is 0.00836. The van der Waals surface area contributed by atoms with E-state index in [1.807, 2.05) is 0 Å². The van der Waals surface area contributed by atoms with E-state index in [1.54, 1.807) is 16.7 Å². The second-order valence-electron chi connectivity index (χ2n) is 16.3. The van der Waals surface area contributed by atoms with Crippen LogP contribution >= 0.6 is 0 Å². The van der Waals surface area contributed by atoms with Gasteiger partial charge in [0.15, 0.2) is 0 Å². The maximum Gasteiger partial charge on any atom is 0.0620 e. The van der Waals surface area contributed by atoms with Crippen LogP contribution in [-0.4, -0.2) is 18.8 Å². The molecule has 2 aliphatic carbocycles. The molecule has 5 unspecified atom stereocenters. The first-order valence-electron chi connectivity index (χ1n) is 18.3. The highest BCUT2D eigenvalue weighted by Crippen LogP contribution is 2.67. The summed E-state index contributed by atoms with van der Waals surface area (Å²) in [6.45, 7) is 16.1. The van der Waals surface area contributed by atoms with Gasteiger partial charge in [-0.15, -0.1) is 0 Å². The lowest BCUT2D eigenvalue weighted by molar-refractivity contribution is -0.00476. The van der Waals surface area contributed by atoms with Gasteiger partial charge in [0.1, 0.15) is 0 Å².